The number of amides is 1. The zero-order valence-electron chi connectivity index (χ0n) is 13.1. The zero-order valence-corrected chi connectivity index (χ0v) is 13.1. The first-order chi connectivity index (χ1) is 10.4. The first-order valence-corrected chi connectivity index (χ1v) is 7.52. The molecule has 6 heteroatoms. The van der Waals surface area contributed by atoms with E-state index in [0.717, 1.165) is 12.0 Å². The van der Waals surface area contributed by atoms with Crippen LogP contribution >= 0.6 is 0 Å². The fourth-order valence-electron chi connectivity index (χ4n) is 3.09. The van der Waals surface area contributed by atoms with Crippen LogP contribution in [0.4, 0.5) is 10.5 Å². The lowest BCUT2D eigenvalue weighted by Crippen LogP contribution is -2.45. The van der Waals surface area contributed by atoms with Gasteiger partial charge in [-0.05, 0) is 44.9 Å². The van der Waals surface area contributed by atoms with Crippen molar-refractivity contribution in [3.8, 4) is 0 Å². The highest BCUT2D eigenvalue weighted by Gasteiger charge is 2.49. The van der Waals surface area contributed by atoms with E-state index in [2.05, 4.69) is 5.48 Å². The maximum Gasteiger partial charge on any atom is 0.410 e. The molecule has 2 fully saturated rings. The Morgan fingerprint density at radius 3 is 2.59 bits per heavy atom. The predicted octanol–water partition coefficient (Wildman–Crippen LogP) is 2.94. The Bertz CT molecular complexity index is 552. The van der Waals surface area contributed by atoms with Gasteiger partial charge in [0.25, 0.3) is 0 Å². The van der Waals surface area contributed by atoms with E-state index in [1.54, 1.807) is 17.0 Å². The number of likely N-dealkylation sites (tertiary alicyclic amines) is 1. The molecule has 0 saturated carbocycles. The van der Waals surface area contributed by atoms with Gasteiger partial charge in [-0.15, -0.1) is 0 Å². The molecule has 0 aliphatic carbocycles. The van der Waals surface area contributed by atoms with Crippen molar-refractivity contribution >= 4 is 11.8 Å². The summed E-state index contributed by atoms with van der Waals surface area (Å²) in [4.78, 5) is 14.1. The third-order valence-corrected chi connectivity index (χ3v) is 3.99. The van der Waals surface area contributed by atoms with E-state index in [1.165, 1.54) is 0 Å². The smallest absolute Gasteiger partial charge is 0.410 e. The number of rotatable bonds is 2. The fourth-order valence-corrected chi connectivity index (χ4v) is 3.09. The average molecular weight is 306 g/mol. The lowest BCUT2D eigenvalue weighted by atomic mass is 10.0. The van der Waals surface area contributed by atoms with Crippen LogP contribution in [0.15, 0.2) is 24.3 Å². The lowest BCUT2D eigenvalue weighted by Gasteiger charge is -2.34. The van der Waals surface area contributed by atoms with E-state index in [-0.39, 0.29) is 24.3 Å². The summed E-state index contributed by atoms with van der Waals surface area (Å²) in [5.74, 6) is 0. The molecule has 1 aromatic rings. The molecule has 2 N–H and O–H groups in total. The van der Waals surface area contributed by atoms with Crippen LogP contribution in [0.25, 0.3) is 0 Å². The number of hydrogen-bond acceptors (Lipinski definition) is 5. The van der Waals surface area contributed by atoms with E-state index < -0.39 is 5.60 Å². The van der Waals surface area contributed by atoms with E-state index in [9.17, 15) is 4.79 Å². The number of ether oxygens (including phenoxy) is 2. The van der Waals surface area contributed by atoms with Crippen molar-refractivity contribution in [2.24, 2.45) is 0 Å². The predicted molar refractivity (Wildman–Crippen MR) is 80.8 cm³/mol. The van der Waals surface area contributed by atoms with Gasteiger partial charge < -0.3 is 9.47 Å². The summed E-state index contributed by atoms with van der Waals surface area (Å²) in [7, 11) is 0. The molecule has 2 aliphatic rings. The number of carbonyl (C=O) groups is 1. The molecule has 2 saturated heterocycles. The van der Waals surface area contributed by atoms with Crippen molar-refractivity contribution in [1.29, 1.82) is 0 Å². The molecule has 1 aromatic carbocycles. The maximum absolute atomic E-state index is 12.3. The molecule has 22 heavy (non-hydrogen) atoms. The Morgan fingerprint density at radius 2 is 2.05 bits per heavy atom. The molecule has 2 heterocycles. The van der Waals surface area contributed by atoms with Crippen LogP contribution in [0, 0.1) is 0 Å². The Hall–Kier alpha value is -1.79. The number of fused-ring (bicyclic) bond motifs is 2. The number of benzene rings is 1. The van der Waals surface area contributed by atoms with Gasteiger partial charge in [0.15, 0.2) is 0 Å². The molecule has 0 aromatic heterocycles. The number of hydrogen-bond donors (Lipinski definition) is 2. The molecular weight excluding hydrogens is 284 g/mol. The molecule has 120 valence electrons. The topological polar surface area (TPSA) is 71.0 Å². The van der Waals surface area contributed by atoms with Crippen LogP contribution < -0.4 is 5.48 Å². The quantitative estimate of drug-likeness (QED) is 0.822. The lowest BCUT2D eigenvalue weighted by molar-refractivity contribution is -0.0467. The fraction of sp³-hybridized carbons (Fsp3) is 0.562. The molecule has 0 spiro atoms. The highest BCUT2D eigenvalue weighted by atomic mass is 16.6. The number of carbonyl (C=O) groups excluding carboxylic acids is 1. The molecule has 6 nitrogen and oxygen atoms in total. The van der Waals surface area contributed by atoms with Gasteiger partial charge in [0.2, 0.25) is 0 Å². The number of anilines is 1. The summed E-state index contributed by atoms with van der Waals surface area (Å²) in [6.07, 6.45) is 0.489. The van der Waals surface area contributed by atoms with Gasteiger partial charge in [-0.1, -0.05) is 12.1 Å². The van der Waals surface area contributed by atoms with Crippen molar-refractivity contribution in [2.75, 3.05) is 12.0 Å². The Balaban J connectivity index is 1.74. The first-order valence-electron chi connectivity index (χ1n) is 7.52. The summed E-state index contributed by atoms with van der Waals surface area (Å²) in [5, 5.41) is 8.87. The van der Waals surface area contributed by atoms with Gasteiger partial charge in [0.1, 0.15) is 11.7 Å². The van der Waals surface area contributed by atoms with Crippen molar-refractivity contribution < 1.29 is 19.5 Å². The van der Waals surface area contributed by atoms with Crippen molar-refractivity contribution in [3.63, 3.8) is 0 Å². The number of morpholine rings is 1. The summed E-state index contributed by atoms with van der Waals surface area (Å²) in [6, 6.07) is 7.37. The maximum atomic E-state index is 12.3. The highest BCUT2D eigenvalue weighted by Crippen LogP contribution is 2.42. The Morgan fingerprint density at radius 1 is 1.36 bits per heavy atom. The molecular formula is C16H22N2O4. The van der Waals surface area contributed by atoms with Gasteiger partial charge in [-0.25, -0.2) is 4.79 Å². The van der Waals surface area contributed by atoms with Gasteiger partial charge in [0.05, 0.1) is 24.4 Å². The van der Waals surface area contributed by atoms with Gasteiger partial charge >= 0.3 is 6.09 Å². The first kappa shape index (κ1) is 15.1. The average Bonchev–Trinajstić information content (AvgIpc) is 3.06. The van der Waals surface area contributed by atoms with Gasteiger partial charge in [-0.2, -0.15) is 0 Å². The summed E-state index contributed by atoms with van der Waals surface area (Å²) in [6.45, 7) is 6.20. The molecule has 3 rings (SSSR count). The molecule has 3 unspecified atom stereocenters. The normalized spacial score (nSPS) is 27.1. The van der Waals surface area contributed by atoms with E-state index >= 15 is 0 Å². The van der Waals surface area contributed by atoms with Crippen LogP contribution in [-0.4, -0.2) is 40.5 Å². The molecule has 2 aliphatic heterocycles. The van der Waals surface area contributed by atoms with E-state index in [0.29, 0.717) is 12.2 Å². The van der Waals surface area contributed by atoms with Crippen molar-refractivity contribution in [3.05, 3.63) is 29.8 Å². The zero-order chi connectivity index (χ0) is 15.9. The second-order valence-corrected chi connectivity index (χ2v) is 6.85. The third-order valence-electron chi connectivity index (χ3n) is 3.99. The van der Waals surface area contributed by atoms with Crippen LogP contribution in [-0.2, 0) is 9.47 Å². The number of nitrogens with one attached hydrogen (secondary N) is 1. The Labute approximate surface area is 130 Å². The Kier molecular flexibility index (Phi) is 3.74. The van der Waals surface area contributed by atoms with Gasteiger partial charge in [-0.3, -0.25) is 15.6 Å². The van der Waals surface area contributed by atoms with E-state index in [4.69, 9.17) is 14.7 Å². The summed E-state index contributed by atoms with van der Waals surface area (Å²) in [5.41, 5.74) is 3.23. The molecule has 3 atom stereocenters. The van der Waals surface area contributed by atoms with Gasteiger partial charge in [0, 0.05) is 0 Å². The van der Waals surface area contributed by atoms with Crippen LogP contribution in [0.5, 0.6) is 0 Å². The SMILES string of the molecule is CC(C)(C)OC(=O)N1CC2CC1C(c1ccc(NO)cc1)O2. The standard InChI is InChI=1S/C16H22N2O4/c1-16(2,3)22-15(19)18-9-12-8-13(18)14(21-12)10-4-6-11(17-20)7-5-10/h4-7,12-14,17,20H,8-9H2,1-3H3. The second kappa shape index (κ2) is 5.44. The van der Waals surface area contributed by atoms with Crippen molar-refractivity contribution in [1.82, 2.24) is 4.90 Å². The highest BCUT2D eigenvalue weighted by molar-refractivity contribution is 5.69. The van der Waals surface area contributed by atoms with E-state index in [1.807, 2.05) is 32.9 Å². The third kappa shape index (κ3) is 2.89. The number of nitrogens with zero attached hydrogens (tertiary/aromatic N) is 1. The summed E-state index contributed by atoms with van der Waals surface area (Å²) < 4.78 is 11.5. The van der Waals surface area contributed by atoms with Crippen LogP contribution in [0.2, 0.25) is 0 Å². The minimum atomic E-state index is -0.496. The minimum absolute atomic E-state index is 0.00721. The molecule has 0 radical (unpaired) electrons. The summed E-state index contributed by atoms with van der Waals surface area (Å²) >= 11 is 0. The second-order valence-electron chi connectivity index (χ2n) is 6.85. The minimum Gasteiger partial charge on any atom is -0.444 e. The van der Waals surface area contributed by atoms with Crippen LogP contribution in [0.1, 0.15) is 38.9 Å². The monoisotopic (exact) mass is 306 g/mol. The van der Waals surface area contributed by atoms with Crippen LogP contribution in [0.3, 0.4) is 0 Å². The largest absolute Gasteiger partial charge is 0.444 e. The molecule has 2 bridgehead atoms. The molecule has 1 amide bonds. The van der Waals surface area contributed by atoms with Crippen molar-refractivity contribution in [2.45, 2.75) is 51.0 Å².